The van der Waals surface area contributed by atoms with Gasteiger partial charge in [-0.05, 0) is 31.2 Å². The third-order valence-electron chi connectivity index (χ3n) is 3.23. The summed E-state index contributed by atoms with van der Waals surface area (Å²) >= 11 is 0. The van der Waals surface area contributed by atoms with Crippen molar-refractivity contribution in [1.82, 2.24) is 10.4 Å². The van der Waals surface area contributed by atoms with Crippen LogP contribution in [0.5, 0.6) is 11.5 Å². The number of benzene rings is 1. The van der Waals surface area contributed by atoms with Gasteiger partial charge in [0.2, 0.25) is 0 Å². The van der Waals surface area contributed by atoms with E-state index < -0.39 is 0 Å². The Morgan fingerprint density at radius 2 is 2.09 bits per heavy atom. The maximum absolute atomic E-state index is 11.9. The molecule has 0 saturated heterocycles. The van der Waals surface area contributed by atoms with Crippen molar-refractivity contribution in [2.75, 3.05) is 6.61 Å². The van der Waals surface area contributed by atoms with Gasteiger partial charge in [0, 0.05) is 12.4 Å². The van der Waals surface area contributed by atoms with Crippen LogP contribution in [0.1, 0.15) is 17.3 Å². The van der Waals surface area contributed by atoms with Crippen molar-refractivity contribution in [3.63, 3.8) is 0 Å². The Balaban J connectivity index is 1.65. The fourth-order valence-corrected chi connectivity index (χ4v) is 2.00. The summed E-state index contributed by atoms with van der Waals surface area (Å²) in [7, 11) is 0. The Bertz CT molecular complexity index is 701. The number of para-hydroxylation sites is 2. The lowest BCUT2D eigenvalue weighted by Gasteiger charge is -2.26. The molecule has 1 aliphatic rings. The van der Waals surface area contributed by atoms with E-state index in [2.05, 4.69) is 15.5 Å². The fraction of sp³-hybridized carbons (Fsp3) is 0.188. The van der Waals surface area contributed by atoms with E-state index in [1.165, 1.54) is 6.20 Å². The summed E-state index contributed by atoms with van der Waals surface area (Å²) in [5.74, 6) is 1.07. The first-order valence-corrected chi connectivity index (χ1v) is 6.87. The molecule has 1 aliphatic heterocycles. The molecule has 0 fully saturated rings. The summed E-state index contributed by atoms with van der Waals surface area (Å²) in [4.78, 5) is 15.8. The zero-order valence-corrected chi connectivity index (χ0v) is 12.0. The van der Waals surface area contributed by atoms with Gasteiger partial charge in [-0.15, -0.1) is 0 Å². The molecular weight excluding hydrogens is 282 g/mol. The molecular formula is C16H15N3O3. The molecule has 0 spiro atoms. The Morgan fingerprint density at radius 1 is 1.27 bits per heavy atom. The van der Waals surface area contributed by atoms with Gasteiger partial charge in [0.1, 0.15) is 6.61 Å². The van der Waals surface area contributed by atoms with Gasteiger partial charge in [-0.1, -0.05) is 12.1 Å². The molecule has 3 rings (SSSR count). The summed E-state index contributed by atoms with van der Waals surface area (Å²) in [5.41, 5.74) is 3.57. The van der Waals surface area contributed by atoms with Crippen LogP contribution in [-0.4, -0.2) is 29.3 Å². The highest BCUT2D eigenvalue weighted by atomic mass is 16.6. The summed E-state index contributed by atoms with van der Waals surface area (Å²) in [6, 6.07) is 10.8. The summed E-state index contributed by atoms with van der Waals surface area (Å²) in [6.07, 6.45) is 2.76. The molecule has 6 nitrogen and oxygen atoms in total. The van der Waals surface area contributed by atoms with Gasteiger partial charge < -0.3 is 9.47 Å². The van der Waals surface area contributed by atoms with Crippen LogP contribution in [0.25, 0.3) is 0 Å². The van der Waals surface area contributed by atoms with Crippen molar-refractivity contribution in [3.05, 3.63) is 54.4 Å². The Hall–Kier alpha value is -2.89. The van der Waals surface area contributed by atoms with Crippen LogP contribution in [0.2, 0.25) is 0 Å². The molecule has 22 heavy (non-hydrogen) atoms. The van der Waals surface area contributed by atoms with E-state index in [0.717, 1.165) is 0 Å². The molecule has 0 unspecified atom stereocenters. The number of hydrogen-bond donors (Lipinski definition) is 1. The quantitative estimate of drug-likeness (QED) is 0.695. The number of rotatable bonds is 3. The van der Waals surface area contributed by atoms with Crippen molar-refractivity contribution in [2.45, 2.75) is 13.0 Å². The van der Waals surface area contributed by atoms with E-state index in [-0.39, 0.29) is 12.0 Å². The van der Waals surface area contributed by atoms with Crippen molar-refractivity contribution in [3.8, 4) is 11.5 Å². The first kappa shape index (κ1) is 14.1. The van der Waals surface area contributed by atoms with E-state index >= 15 is 0 Å². The molecule has 112 valence electrons. The number of fused-ring (bicyclic) bond motifs is 1. The lowest BCUT2D eigenvalue weighted by Crippen LogP contribution is -2.36. The van der Waals surface area contributed by atoms with Gasteiger partial charge in [0.05, 0.1) is 11.3 Å². The first-order valence-electron chi connectivity index (χ1n) is 6.87. The van der Waals surface area contributed by atoms with E-state index in [1.54, 1.807) is 25.3 Å². The van der Waals surface area contributed by atoms with Crippen LogP contribution in [0.3, 0.4) is 0 Å². The van der Waals surface area contributed by atoms with E-state index in [9.17, 15) is 4.79 Å². The minimum Gasteiger partial charge on any atom is -0.485 e. The topological polar surface area (TPSA) is 72.8 Å². The van der Waals surface area contributed by atoms with Crippen LogP contribution >= 0.6 is 0 Å². The Labute approximate surface area is 127 Å². The molecule has 1 aromatic heterocycles. The largest absolute Gasteiger partial charge is 0.485 e. The monoisotopic (exact) mass is 297 g/mol. The average Bonchev–Trinajstić information content (AvgIpc) is 2.59. The predicted molar refractivity (Wildman–Crippen MR) is 81.2 cm³/mol. The summed E-state index contributed by atoms with van der Waals surface area (Å²) in [5, 5.41) is 4.08. The molecule has 2 aromatic rings. The van der Waals surface area contributed by atoms with E-state index in [0.29, 0.717) is 29.4 Å². The Morgan fingerprint density at radius 3 is 2.86 bits per heavy atom. The normalized spacial score (nSPS) is 17.0. The van der Waals surface area contributed by atoms with Gasteiger partial charge in [-0.2, -0.15) is 5.10 Å². The second-order valence-corrected chi connectivity index (χ2v) is 4.80. The third-order valence-corrected chi connectivity index (χ3v) is 3.23. The minimum absolute atomic E-state index is 0.315. The number of carbonyl (C=O) groups excluding carboxylic acids is 1. The highest BCUT2D eigenvalue weighted by Gasteiger charge is 2.23. The van der Waals surface area contributed by atoms with Crippen molar-refractivity contribution < 1.29 is 14.3 Å². The lowest BCUT2D eigenvalue weighted by molar-refractivity contribution is 0.0952. The summed E-state index contributed by atoms with van der Waals surface area (Å²) < 4.78 is 11.4. The molecule has 0 bridgehead atoms. The number of pyridine rings is 1. The number of hydrazone groups is 1. The van der Waals surface area contributed by atoms with Gasteiger partial charge in [0.25, 0.3) is 5.91 Å². The van der Waals surface area contributed by atoms with E-state index in [4.69, 9.17) is 9.47 Å². The standard InChI is InChI=1S/C16H15N3O3/c1-11(18-19-16(20)12-5-4-8-17-9-12)15-10-21-13-6-2-3-7-14(13)22-15/h2-9,15H,10H2,1H3,(H,19,20)/b18-11+/t15-/m0/s1. The molecule has 0 saturated carbocycles. The van der Waals surface area contributed by atoms with Gasteiger partial charge in [0.15, 0.2) is 17.6 Å². The number of carbonyl (C=O) groups is 1. The maximum atomic E-state index is 11.9. The Kier molecular flexibility index (Phi) is 4.00. The smallest absolute Gasteiger partial charge is 0.272 e. The number of hydrogen-bond acceptors (Lipinski definition) is 5. The fourth-order valence-electron chi connectivity index (χ4n) is 2.00. The number of nitrogens with one attached hydrogen (secondary N) is 1. The molecule has 1 aromatic carbocycles. The second kappa shape index (κ2) is 6.26. The molecule has 6 heteroatoms. The zero-order valence-electron chi connectivity index (χ0n) is 12.0. The summed E-state index contributed by atoms with van der Waals surface area (Å²) in [6.45, 7) is 2.14. The highest BCUT2D eigenvalue weighted by molar-refractivity contribution is 5.95. The van der Waals surface area contributed by atoms with Crippen LogP contribution in [0.4, 0.5) is 0 Å². The van der Waals surface area contributed by atoms with Crippen molar-refractivity contribution in [2.24, 2.45) is 5.10 Å². The predicted octanol–water partition coefficient (Wildman–Crippen LogP) is 2.03. The molecule has 1 amide bonds. The highest BCUT2D eigenvalue weighted by Crippen LogP contribution is 2.31. The molecule has 0 aliphatic carbocycles. The molecule has 1 N–H and O–H groups in total. The van der Waals surface area contributed by atoms with Crippen molar-refractivity contribution in [1.29, 1.82) is 0 Å². The number of amides is 1. The van der Waals surface area contributed by atoms with Gasteiger partial charge in [-0.3, -0.25) is 9.78 Å². The van der Waals surface area contributed by atoms with Crippen LogP contribution in [0.15, 0.2) is 53.9 Å². The second-order valence-electron chi connectivity index (χ2n) is 4.80. The number of aromatic nitrogens is 1. The van der Waals surface area contributed by atoms with Crippen molar-refractivity contribution >= 4 is 11.6 Å². The first-order chi connectivity index (χ1) is 10.7. The van der Waals surface area contributed by atoms with Crippen LogP contribution in [0, 0.1) is 0 Å². The molecule has 2 heterocycles. The third kappa shape index (κ3) is 3.06. The van der Waals surface area contributed by atoms with Crippen LogP contribution < -0.4 is 14.9 Å². The van der Waals surface area contributed by atoms with Gasteiger partial charge >= 0.3 is 0 Å². The molecule has 0 radical (unpaired) electrons. The van der Waals surface area contributed by atoms with Crippen LogP contribution in [-0.2, 0) is 0 Å². The average molecular weight is 297 g/mol. The van der Waals surface area contributed by atoms with E-state index in [1.807, 2.05) is 24.3 Å². The zero-order chi connectivity index (χ0) is 15.4. The lowest BCUT2D eigenvalue weighted by atomic mass is 10.2. The molecule has 1 atom stereocenters. The van der Waals surface area contributed by atoms with Gasteiger partial charge in [-0.25, -0.2) is 5.43 Å². The SMILES string of the molecule is C/C(=N\NC(=O)c1cccnc1)[C@@H]1COc2ccccc2O1. The minimum atomic E-state index is -0.330. The number of ether oxygens (including phenoxy) is 2. The number of nitrogens with zero attached hydrogens (tertiary/aromatic N) is 2. The maximum Gasteiger partial charge on any atom is 0.272 e.